The zero-order valence-electron chi connectivity index (χ0n) is 9.09. The number of hydrogen-bond acceptors (Lipinski definition) is 5. The minimum absolute atomic E-state index is 0.0695. The lowest BCUT2D eigenvalue weighted by Crippen LogP contribution is -2.06. The Morgan fingerprint density at radius 3 is 2.71 bits per heavy atom. The highest BCUT2D eigenvalue weighted by Gasteiger charge is 2.10. The first-order chi connectivity index (χ1) is 8.31. The molecule has 0 radical (unpaired) electrons. The number of aliphatic hydroxyl groups is 1. The van der Waals surface area contributed by atoms with Crippen LogP contribution in [0, 0.1) is 0 Å². The van der Waals surface area contributed by atoms with Crippen molar-refractivity contribution in [1.29, 1.82) is 0 Å². The predicted octanol–water partition coefficient (Wildman–Crippen LogP) is 1.78. The number of hydrogen-bond donors (Lipinski definition) is 2. The van der Waals surface area contributed by atoms with Gasteiger partial charge in [-0.1, -0.05) is 0 Å². The molecular weight excluding hydrogens is 236 g/mol. The van der Waals surface area contributed by atoms with Gasteiger partial charge in [0.1, 0.15) is 5.69 Å². The van der Waals surface area contributed by atoms with Crippen LogP contribution in [0.25, 0.3) is 0 Å². The van der Waals surface area contributed by atoms with E-state index < -0.39 is 0 Å². The van der Waals surface area contributed by atoms with Crippen LogP contribution in [0.2, 0.25) is 0 Å². The molecule has 0 unspecified atom stereocenters. The number of anilines is 1. The van der Waals surface area contributed by atoms with Crippen LogP contribution in [0.5, 0.6) is 0 Å². The van der Waals surface area contributed by atoms with E-state index in [1.54, 1.807) is 23.0 Å². The Labute approximate surface area is 103 Å². The maximum Gasteiger partial charge on any atom is 0.212 e. The topological polar surface area (TPSA) is 62.2 Å². The van der Waals surface area contributed by atoms with E-state index in [1.165, 1.54) is 11.3 Å². The summed E-state index contributed by atoms with van der Waals surface area (Å²) in [6.07, 6.45) is 0. The molecule has 0 saturated heterocycles. The highest BCUT2D eigenvalue weighted by molar-refractivity contribution is 7.07. The van der Waals surface area contributed by atoms with Crippen molar-refractivity contribution in [2.75, 3.05) is 18.5 Å². The number of carbonyl (C=O) groups excluding carboxylic acids is 1. The molecule has 0 spiro atoms. The van der Waals surface area contributed by atoms with Crippen LogP contribution in [-0.4, -0.2) is 29.0 Å². The minimum atomic E-state index is -0.0695. The molecule has 0 aliphatic rings. The van der Waals surface area contributed by atoms with Crippen molar-refractivity contribution in [2.24, 2.45) is 0 Å². The summed E-state index contributed by atoms with van der Waals surface area (Å²) in [4.78, 5) is 15.9. The first-order valence-corrected chi connectivity index (χ1v) is 6.13. The fraction of sp³-hybridized carbons (Fsp3) is 0.167. The second kappa shape index (κ2) is 5.56. The SMILES string of the molecule is O=C(c1ccc(NCCO)cc1)c1cscn1. The van der Waals surface area contributed by atoms with E-state index >= 15 is 0 Å². The Morgan fingerprint density at radius 1 is 1.35 bits per heavy atom. The van der Waals surface area contributed by atoms with Crippen molar-refractivity contribution in [3.8, 4) is 0 Å². The van der Waals surface area contributed by atoms with Gasteiger partial charge in [-0.3, -0.25) is 4.79 Å². The molecule has 4 nitrogen and oxygen atoms in total. The Hall–Kier alpha value is -1.72. The van der Waals surface area contributed by atoms with E-state index in [-0.39, 0.29) is 12.4 Å². The van der Waals surface area contributed by atoms with Gasteiger partial charge in [0.05, 0.1) is 12.1 Å². The van der Waals surface area contributed by atoms with E-state index in [4.69, 9.17) is 5.11 Å². The summed E-state index contributed by atoms with van der Waals surface area (Å²) in [6.45, 7) is 0.582. The smallest absolute Gasteiger partial charge is 0.212 e. The Balaban J connectivity index is 2.10. The first-order valence-electron chi connectivity index (χ1n) is 5.19. The number of ketones is 1. The number of benzene rings is 1. The van der Waals surface area contributed by atoms with Crippen molar-refractivity contribution in [1.82, 2.24) is 4.98 Å². The molecule has 1 heterocycles. The largest absolute Gasteiger partial charge is 0.395 e. The van der Waals surface area contributed by atoms with Gasteiger partial charge in [-0.2, -0.15) is 0 Å². The van der Waals surface area contributed by atoms with Gasteiger partial charge in [0.25, 0.3) is 0 Å². The van der Waals surface area contributed by atoms with Crippen molar-refractivity contribution in [2.45, 2.75) is 0 Å². The summed E-state index contributed by atoms with van der Waals surface area (Å²) in [6, 6.07) is 7.13. The van der Waals surface area contributed by atoms with Gasteiger partial charge in [-0.25, -0.2) is 4.98 Å². The molecule has 2 aromatic rings. The third-order valence-corrected chi connectivity index (χ3v) is 2.84. The molecule has 5 heteroatoms. The molecule has 0 bridgehead atoms. The lowest BCUT2D eigenvalue weighted by atomic mass is 10.1. The van der Waals surface area contributed by atoms with Crippen molar-refractivity contribution in [3.63, 3.8) is 0 Å². The van der Waals surface area contributed by atoms with Crippen LogP contribution < -0.4 is 5.32 Å². The zero-order valence-corrected chi connectivity index (χ0v) is 9.91. The zero-order chi connectivity index (χ0) is 12.1. The molecule has 2 N–H and O–H groups in total. The standard InChI is InChI=1S/C12H12N2O2S/c15-6-5-13-10-3-1-9(2-4-10)12(16)11-7-17-8-14-11/h1-4,7-8,13,15H,5-6H2. The summed E-state index contributed by atoms with van der Waals surface area (Å²) >= 11 is 1.40. The Bertz CT molecular complexity index is 480. The summed E-state index contributed by atoms with van der Waals surface area (Å²) in [7, 11) is 0. The van der Waals surface area contributed by atoms with Gasteiger partial charge in [0, 0.05) is 23.2 Å². The van der Waals surface area contributed by atoms with E-state index in [0.29, 0.717) is 17.8 Å². The average molecular weight is 248 g/mol. The van der Waals surface area contributed by atoms with Gasteiger partial charge in [0.15, 0.2) is 0 Å². The number of aliphatic hydroxyl groups excluding tert-OH is 1. The molecule has 0 saturated carbocycles. The molecule has 0 amide bonds. The van der Waals surface area contributed by atoms with Crippen LogP contribution in [0.1, 0.15) is 16.1 Å². The summed E-state index contributed by atoms with van der Waals surface area (Å²) in [5.41, 5.74) is 3.62. The fourth-order valence-electron chi connectivity index (χ4n) is 1.41. The number of nitrogens with one attached hydrogen (secondary N) is 1. The van der Waals surface area contributed by atoms with Gasteiger partial charge in [-0.05, 0) is 24.3 Å². The normalized spacial score (nSPS) is 10.2. The second-order valence-electron chi connectivity index (χ2n) is 3.43. The van der Waals surface area contributed by atoms with Gasteiger partial charge in [0.2, 0.25) is 5.78 Å². The van der Waals surface area contributed by atoms with Crippen molar-refractivity contribution < 1.29 is 9.90 Å². The Morgan fingerprint density at radius 2 is 2.12 bits per heavy atom. The number of aromatic nitrogens is 1. The van der Waals surface area contributed by atoms with Crippen LogP contribution in [0.15, 0.2) is 35.2 Å². The number of nitrogens with zero attached hydrogens (tertiary/aromatic N) is 1. The van der Waals surface area contributed by atoms with E-state index in [0.717, 1.165) is 5.69 Å². The summed E-state index contributed by atoms with van der Waals surface area (Å²) in [5.74, 6) is -0.0695. The van der Waals surface area contributed by atoms with E-state index in [9.17, 15) is 4.79 Å². The van der Waals surface area contributed by atoms with Crippen LogP contribution >= 0.6 is 11.3 Å². The predicted molar refractivity (Wildman–Crippen MR) is 67.6 cm³/mol. The number of rotatable bonds is 5. The molecule has 0 aliphatic carbocycles. The molecule has 0 fully saturated rings. The molecule has 17 heavy (non-hydrogen) atoms. The Kier molecular flexibility index (Phi) is 3.85. The van der Waals surface area contributed by atoms with Gasteiger partial charge < -0.3 is 10.4 Å². The minimum Gasteiger partial charge on any atom is -0.395 e. The maximum atomic E-state index is 11.9. The highest BCUT2D eigenvalue weighted by Crippen LogP contribution is 2.13. The molecule has 0 atom stereocenters. The van der Waals surface area contributed by atoms with E-state index in [1.807, 2.05) is 12.1 Å². The lowest BCUT2D eigenvalue weighted by Gasteiger charge is -2.04. The van der Waals surface area contributed by atoms with Crippen molar-refractivity contribution in [3.05, 3.63) is 46.4 Å². The highest BCUT2D eigenvalue weighted by atomic mass is 32.1. The molecule has 0 aliphatic heterocycles. The molecule has 2 rings (SSSR count). The number of carbonyl (C=O) groups is 1. The van der Waals surface area contributed by atoms with Crippen LogP contribution in [0.4, 0.5) is 5.69 Å². The molecular formula is C12H12N2O2S. The average Bonchev–Trinajstić information content (AvgIpc) is 2.90. The summed E-state index contributed by atoms with van der Waals surface area (Å²) in [5, 5.41) is 13.4. The fourth-order valence-corrected chi connectivity index (χ4v) is 1.94. The van der Waals surface area contributed by atoms with Crippen molar-refractivity contribution >= 4 is 22.8 Å². The first kappa shape index (κ1) is 11.8. The lowest BCUT2D eigenvalue weighted by molar-refractivity contribution is 0.103. The number of thiazole rings is 1. The molecule has 88 valence electrons. The quantitative estimate of drug-likeness (QED) is 0.792. The third kappa shape index (κ3) is 2.89. The maximum absolute atomic E-state index is 11.9. The third-order valence-electron chi connectivity index (χ3n) is 2.25. The van der Waals surface area contributed by atoms with Gasteiger partial charge >= 0.3 is 0 Å². The van der Waals surface area contributed by atoms with Gasteiger partial charge in [-0.15, -0.1) is 11.3 Å². The monoisotopic (exact) mass is 248 g/mol. The van der Waals surface area contributed by atoms with E-state index in [2.05, 4.69) is 10.3 Å². The molecule has 1 aromatic heterocycles. The van der Waals surface area contributed by atoms with Crippen LogP contribution in [-0.2, 0) is 0 Å². The summed E-state index contributed by atoms with van der Waals surface area (Å²) < 4.78 is 0. The second-order valence-corrected chi connectivity index (χ2v) is 4.15. The molecule has 1 aromatic carbocycles. The van der Waals surface area contributed by atoms with Crippen LogP contribution in [0.3, 0.4) is 0 Å².